The van der Waals surface area contributed by atoms with Gasteiger partial charge in [-0.05, 0) is 56.2 Å². The molecule has 0 aliphatic heterocycles. The maximum Gasteiger partial charge on any atom is 0.351 e. The van der Waals surface area contributed by atoms with Crippen LogP contribution in [0.3, 0.4) is 0 Å². The van der Waals surface area contributed by atoms with Crippen molar-refractivity contribution in [1.82, 2.24) is 0 Å². The third-order valence-corrected chi connectivity index (χ3v) is 5.31. The maximum atomic E-state index is 12.3. The number of carbonyl (C=O) groups excluding carboxylic acids is 2. The van der Waals surface area contributed by atoms with Crippen LogP contribution in [-0.2, 0) is 14.3 Å². The van der Waals surface area contributed by atoms with E-state index in [4.69, 9.17) is 18.9 Å². The highest BCUT2D eigenvalue weighted by molar-refractivity contribution is 7.21. The Bertz CT molecular complexity index is 1060. The van der Waals surface area contributed by atoms with Crippen molar-refractivity contribution in [1.29, 1.82) is 0 Å². The molecule has 6 nitrogen and oxygen atoms in total. The molecule has 0 spiro atoms. The number of esters is 2. The van der Waals surface area contributed by atoms with Crippen LogP contribution in [0.1, 0.15) is 30.4 Å². The van der Waals surface area contributed by atoms with E-state index in [1.807, 2.05) is 42.5 Å². The van der Waals surface area contributed by atoms with E-state index in [-0.39, 0.29) is 6.61 Å². The van der Waals surface area contributed by atoms with Gasteiger partial charge in [0.15, 0.2) is 17.2 Å². The molecule has 0 radical (unpaired) electrons. The van der Waals surface area contributed by atoms with Crippen LogP contribution in [0.5, 0.6) is 11.5 Å². The lowest BCUT2D eigenvalue weighted by molar-refractivity contribution is -0.157. The average molecular weight is 429 g/mol. The van der Waals surface area contributed by atoms with Crippen LogP contribution in [0, 0.1) is 0 Å². The van der Waals surface area contributed by atoms with Crippen LogP contribution >= 0.6 is 11.3 Å². The molecule has 158 valence electrons. The van der Waals surface area contributed by atoms with Gasteiger partial charge in [0, 0.05) is 10.1 Å². The predicted octanol–water partition coefficient (Wildman–Crippen LogP) is 5.08. The van der Waals surface area contributed by atoms with Crippen molar-refractivity contribution in [3.05, 3.63) is 47.3 Å². The molecule has 0 unspecified atom stereocenters. The summed E-state index contributed by atoms with van der Waals surface area (Å²) in [5, 5.41) is 0.737. The Balaban J connectivity index is 1.94. The zero-order chi connectivity index (χ0) is 21.9. The molecule has 1 aromatic heterocycles. The Kier molecular flexibility index (Phi) is 6.31. The molecule has 30 heavy (non-hydrogen) atoms. The lowest BCUT2D eigenvalue weighted by Crippen LogP contribution is -2.27. The zero-order valence-electron chi connectivity index (χ0n) is 17.6. The fraction of sp³-hybridized carbons (Fsp3) is 0.304. The topological polar surface area (TPSA) is 71.1 Å². The highest BCUT2D eigenvalue weighted by Gasteiger charge is 2.23. The number of ether oxygens (including phenoxy) is 4. The second-order valence-electron chi connectivity index (χ2n) is 7.57. The number of hydrogen-bond donors (Lipinski definition) is 0. The van der Waals surface area contributed by atoms with Crippen molar-refractivity contribution in [2.75, 3.05) is 20.8 Å². The predicted molar refractivity (Wildman–Crippen MR) is 116 cm³/mol. The highest BCUT2D eigenvalue weighted by Crippen LogP contribution is 2.40. The SMILES string of the molecule is COC(=O)c1sc2cc(-c3ccc(OC)cc3)ccc2c1OCC(=O)OC(C)(C)C. The van der Waals surface area contributed by atoms with E-state index in [1.54, 1.807) is 27.9 Å². The van der Waals surface area contributed by atoms with E-state index in [9.17, 15) is 9.59 Å². The van der Waals surface area contributed by atoms with E-state index >= 15 is 0 Å². The number of benzene rings is 2. The van der Waals surface area contributed by atoms with Crippen LogP contribution in [0.4, 0.5) is 0 Å². The number of fused-ring (bicyclic) bond motifs is 1. The molecule has 0 saturated heterocycles. The fourth-order valence-electron chi connectivity index (χ4n) is 2.91. The van der Waals surface area contributed by atoms with Gasteiger partial charge in [-0.25, -0.2) is 9.59 Å². The van der Waals surface area contributed by atoms with Gasteiger partial charge >= 0.3 is 11.9 Å². The molecule has 7 heteroatoms. The van der Waals surface area contributed by atoms with Gasteiger partial charge < -0.3 is 18.9 Å². The Morgan fingerprint density at radius 1 is 0.967 bits per heavy atom. The normalized spacial score (nSPS) is 11.2. The smallest absolute Gasteiger partial charge is 0.351 e. The summed E-state index contributed by atoms with van der Waals surface area (Å²) in [6, 6.07) is 13.5. The standard InChI is InChI=1S/C23H24O6S/c1-23(2,3)29-19(24)13-28-20-17-11-8-15(14-6-9-16(26-4)10-7-14)12-18(17)30-21(20)22(25)27-5/h6-12H,13H2,1-5H3. The molecule has 0 aliphatic carbocycles. The molecule has 0 atom stereocenters. The summed E-state index contributed by atoms with van der Waals surface area (Å²) < 4.78 is 22.0. The van der Waals surface area contributed by atoms with Gasteiger partial charge in [0.1, 0.15) is 11.4 Å². The molecule has 0 aliphatic rings. The van der Waals surface area contributed by atoms with Crippen molar-refractivity contribution in [2.24, 2.45) is 0 Å². The average Bonchev–Trinajstić information content (AvgIpc) is 3.08. The second kappa shape index (κ2) is 8.75. The van der Waals surface area contributed by atoms with E-state index in [1.165, 1.54) is 18.4 Å². The Morgan fingerprint density at radius 3 is 2.23 bits per heavy atom. The molecule has 0 amide bonds. The van der Waals surface area contributed by atoms with E-state index in [2.05, 4.69) is 0 Å². The van der Waals surface area contributed by atoms with Gasteiger partial charge in [-0.3, -0.25) is 0 Å². The molecule has 3 aromatic rings. The van der Waals surface area contributed by atoms with Gasteiger partial charge in [0.25, 0.3) is 0 Å². The second-order valence-corrected chi connectivity index (χ2v) is 8.62. The summed E-state index contributed by atoms with van der Waals surface area (Å²) in [4.78, 5) is 24.7. The minimum absolute atomic E-state index is 0.298. The van der Waals surface area contributed by atoms with Gasteiger partial charge in [0.05, 0.1) is 14.2 Å². The van der Waals surface area contributed by atoms with Gasteiger partial charge in [-0.15, -0.1) is 11.3 Å². The highest BCUT2D eigenvalue weighted by atomic mass is 32.1. The molecular weight excluding hydrogens is 404 g/mol. The molecule has 3 rings (SSSR count). The van der Waals surface area contributed by atoms with Crippen molar-refractivity contribution >= 4 is 33.4 Å². The first-order valence-corrected chi connectivity index (χ1v) is 10.2. The fourth-order valence-corrected chi connectivity index (χ4v) is 4.01. The number of carbonyl (C=O) groups is 2. The molecule has 2 aromatic carbocycles. The van der Waals surface area contributed by atoms with E-state index < -0.39 is 17.5 Å². The Morgan fingerprint density at radius 2 is 1.63 bits per heavy atom. The van der Waals surface area contributed by atoms with Crippen molar-refractivity contribution < 1.29 is 28.5 Å². The van der Waals surface area contributed by atoms with Gasteiger partial charge in [0.2, 0.25) is 0 Å². The van der Waals surface area contributed by atoms with Crippen LogP contribution in [0.25, 0.3) is 21.2 Å². The van der Waals surface area contributed by atoms with Crippen LogP contribution < -0.4 is 9.47 Å². The summed E-state index contributed by atoms with van der Waals surface area (Å²) >= 11 is 1.26. The molecule has 0 N–H and O–H groups in total. The molecule has 0 fully saturated rings. The van der Waals surface area contributed by atoms with Crippen LogP contribution in [0.15, 0.2) is 42.5 Å². The number of thiophene rings is 1. The van der Waals surface area contributed by atoms with Crippen molar-refractivity contribution in [3.63, 3.8) is 0 Å². The Labute approximate surface area is 179 Å². The van der Waals surface area contributed by atoms with Gasteiger partial charge in [-0.2, -0.15) is 0 Å². The number of methoxy groups -OCH3 is 2. The van der Waals surface area contributed by atoms with Gasteiger partial charge in [-0.1, -0.05) is 18.2 Å². The minimum Gasteiger partial charge on any atom is -0.497 e. The number of hydrogen-bond acceptors (Lipinski definition) is 7. The largest absolute Gasteiger partial charge is 0.497 e. The summed E-state index contributed by atoms with van der Waals surface area (Å²) in [5.41, 5.74) is 1.39. The molecule has 0 saturated carbocycles. The molecule has 0 bridgehead atoms. The molecule has 1 heterocycles. The minimum atomic E-state index is -0.615. The van der Waals surface area contributed by atoms with E-state index in [0.29, 0.717) is 10.6 Å². The third-order valence-electron chi connectivity index (χ3n) is 4.19. The maximum absolute atomic E-state index is 12.3. The Hall–Kier alpha value is -3.06. The quantitative estimate of drug-likeness (QED) is 0.510. The summed E-state index contributed by atoms with van der Waals surface area (Å²) in [6.45, 7) is 5.05. The van der Waals surface area contributed by atoms with Crippen LogP contribution in [0.2, 0.25) is 0 Å². The van der Waals surface area contributed by atoms with Crippen molar-refractivity contribution in [2.45, 2.75) is 26.4 Å². The first-order chi connectivity index (χ1) is 14.2. The monoisotopic (exact) mass is 428 g/mol. The molecular formula is C23H24O6S. The first kappa shape index (κ1) is 21.6. The lowest BCUT2D eigenvalue weighted by atomic mass is 10.0. The lowest BCUT2D eigenvalue weighted by Gasteiger charge is -2.19. The summed E-state index contributed by atoms with van der Waals surface area (Å²) in [5.74, 6) is 0.0876. The third kappa shape index (κ3) is 4.91. The number of rotatable bonds is 6. The summed E-state index contributed by atoms with van der Waals surface area (Å²) in [6.07, 6.45) is 0. The summed E-state index contributed by atoms with van der Waals surface area (Å²) in [7, 11) is 2.94. The van der Waals surface area contributed by atoms with Crippen molar-refractivity contribution in [3.8, 4) is 22.6 Å². The zero-order valence-corrected chi connectivity index (χ0v) is 18.4. The van der Waals surface area contributed by atoms with Crippen LogP contribution in [-0.4, -0.2) is 38.4 Å². The van der Waals surface area contributed by atoms with E-state index in [0.717, 1.165) is 27.0 Å². The first-order valence-electron chi connectivity index (χ1n) is 9.36.